The highest BCUT2D eigenvalue weighted by molar-refractivity contribution is 6.55. The SMILES string of the molecule is COc1ccc(NC(=O)C2C(C=C(Cl)Cl)C2(C)C)cc1. The number of benzene rings is 1. The molecule has 1 aromatic rings. The number of carbonyl (C=O) groups excluding carboxylic acids is 1. The largest absolute Gasteiger partial charge is 0.497 e. The van der Waals surface area contributed by atoms with Crippen molar-refractivity contribution < 1.29 is 9.53 Å². The molecule has 1 aromatic carbocycles. The van der Waals surface area contributed by atoms with Gasteiger partial charge < -0.3 is 10.1 Å². The number of rotatable bonds is 4. The van der Waals surface area contributed by atoms with E-state index in [0.717, 1.165) is 11.4 Å². The number of ether oxygens (including phenoxy) is 1. The maximum absolute atomic E-state index is 12.3. The van der Waals surface area contributed by atoms with Gasteiger partial charge in [0.1, 0.15) is 10.2 Å². The molecule has 1 aliphatic rings. The highest BCUT2D eigenvalue weighted by Gasteiger charge is 2.60. The van der Waals surface area contributed by atoms with Gasteiger partial charge in [0, 0.05) is 5.69 Å². The van der Waals surface area contributed by atoms with Crippen molar-refractivity contribution in [3.05, 3.63) is 34.8 Å². The van der Waals surface area contributed by atoms with E-state index in [2.05, 4.69) is 5.32 Å². The Morgan fingerprint density at radius 2 is 1.90 bits per heavy atom. The Balaban J connectivity index is 2.04. The van der Waals surface area contributed by atoms with Crippen molar-refractivity contribution in [3.8, 4) is 5.75 Å². The lowest BCUT2D eigenvalue weighted by Gasteiger charge is -2.07. The molecule has 1 saturated carbocycles. The van der Waals surface area contributed by atoms with E-state index in [-0.39, 0.29) is 27.6 Å². The quantitative estimate of drug-likeness (QED) is 0.903. The van der Waals surface area contributed by atoms with E-state index in [4.69, 9.17) is 27.9 Å². The number of amides is 1. The minimum Gasteiger partial charge on any atom is -0.497 e. The molecule has 1 aliphatic carbocycles. The van der Waals surface area contributed by atoms with Crippen molar-refractivity contribution >= 4 is 34.8 Å². The second-order valence-electron chi connectivity index (χ2n) is 5.50. The van der Waals surface area contributed by atoms with Crippen molar-refractivity contribution in [1.82, 2.24) is 0 Å². The zero-order valence-electron chi connectivity index (χ0n) is 11.6. The summed E-state index contributed by atoms with van der Waals surface area (Å²) in [4.78, 5) is 12.3. The number of hydrogen-bond donors (Lipinski definition) is 1. The number of halogens is 2. The van der Waals surface area contributed by atoms with E-state index in [1.165, 1.54) is 0 Å². The number of anilines is 1. The van der Waals surface area contributed by atoms with E-state index in [1.54, 1.807) is 25.3 Å². The topological polar surface area (TPSA) is 38.3 Å². The summed E-state index contributed by atoms with van der Waals surface area (Å²) in [5, 5.41) is 2.90. The van der Waals surface area contributed by atoms with Crippen molar-refractivity contribution in [1.29, 1.82) is 0 Å². The number of nitrogens with one attached hydrogen (secondary N) is 1. The Hall–Kier alpha value is -1.19. The van der Waals surface area contributed by atoms with Gasteiger partial charge in [-0.05, 0) is 41.7 Å². The summed E-state index contributed by atoms with van der Waals surface area (Å²) < 4.78 is 5.29. The molecule has 2 atom stereocenters. The molecule has 0 aliphatic heterocycles. The van der Waals surface area contributed by atoms with Crippen molar-refractivity contribution in [2.75, 3.05) is 12.4 Å². The van der Waals surface area contributed by atoms with Crippen LogP contribution in [-0.4, -0.2) is 13.0 Å². The van der Waals surface area contributed by atoms with Crippen LogP contribution < -0.4 is 10.1 Å². The van der Waals surface area contributed by atoms with Crippen LogP contribution in [-0.2, 0) is 4.79 Å². The molecule has 2 unspecified atom stereocenters. The Morgan fingerprint density at radius 3 is 2.40 bits per heavy atom. The third-order valence-electron chi connectivity index (χ3n) is 3.86. The molecule has 3 nitrogen and oxygen atoms in total. The fourth-order valence-corrected chi connectivity index (χ4v) is 2.79. The third-order valence-corrected chi connectivity index (χ3v) is 4.11. The van der Waals surface area contributed by atoms with Gasteiger partial charge in [0.05, 0.1) is 13.0 Å². The average molecular weight is 314 g/mol. The summed E-state index contributed by atoms with van der Waals surface area (Å²) in [5.74, 6) is 0.698. The first-order valence-corrected chi connectivity index (χ1v) is 7.09. The number of hydrogen-bond acceptors (Lipinski definition) is 2. The minimum absolute atomic E-state index is 0.0176. The predicted octanol–water partition coefficient (Wildman–Crippen LogP) is 4.22. The monoisotopic (exact) mass is 313 g/mol. The maximum atomic E-state index is 12.3. The number of methoxy groups -OCH3 is 1. The molecule has 0 spiro atoms. The molecule has 0 radical (unpaired) electrons. The van der Waals surface area contributed by atoms with E-state index in [9.17, 15) is 4.79 Å². The lowest BCUT2D eigenvalue weighted by Crippen LogP contribution is -2.16. The van der Waals surface area contributed by atoms with E-state index < -0.39 is 0 Å². The van der Waals surface area contributed by atoms with Gasteiger partial charge in [-0.15, -0.1) is 0 Å². The van der Waals surface area contributed by atoms with Crippen LogP contribution in [0.1, 0.15) is 13.8 Å². The molecule has 0 bridgehead atoms. The summed E-state index contributed by atoms with van der Waals surface area (Å²) in [7, 11) is 1.60. The van der Waals surface area contributed by atoms with E-state index in [1.807, 2.05) is 26.0 Å². The van der Waals surface area contributed by atoms with Crippen LogP contribution in [0, 0.1) is 17.3 Å². The molecule has 0 heterocycles. The van der Waals surface area contributed by atoms with Crippen LogP contribution in [0.4, 0.5) is 5.69 Å². The van der Waals surface area contributed by atoms with Gasteiger partial charge in [-0.2, -0.15) is 0 Å². The molecular weight excluding hydrogens is 297 g/mol. The lowest BCUT2D eigenvalue weighted by molar-refractivity contribution is -0.118. The molecule has 20 heavy (non-hydrogen) atoms. The van der Waals surface area contributed by atoms with Crippen LogP contribution in [0.3, 0.4) is 0 Å². The first-order chi connectivity index (χ1) is 9.36. The molecule has 1 N–H and O–H groups in total. The second kappa shape index (κ2) is 5.66. The van der Waals surface area contributed by atoms with Crippen LogP contribution in [0.5, 0.6) is 5.75 Å². The van der Waals surface area contributed by atoms with Gasteiger partial charge in [-0.25, -0.2) is 0 Å². The van der Waals surface area contributed by atoms with Crippen molar-refractivity contribution in [3.63, 3.8) is 0 Å². The first kappa shape index (κ1) is 15.2. The van der Waals surface area contributed by atoms with Crippen LogP contribution >= 0.6 is 23.2 Å². The molecule has 0 saturated heterocycles. The van der Waals surface area contributed by atoms with Gasteiger partial charge in [0.25, 0.3) is 0 Å². The summed E-state index contributed by atoms with van der Waals surface area (Å²) in [6.07, 6.45) is 1.74. The van der Waals surface area contributed by atoms with Gasteiger partial charge in [-0.1, -0.05) is 37.0 Å². The number of carbonyl (C=O) groups is 1. The Bertz CT molecular complexity index is 533. The van der Waals surface area contributed by atoms with Crippen molar-refractivity contribution in [2.24, 2.45) is 17.3 Å². The Kier molecular flexibility index (Phi) is 4.31. The molecular formula is C15H17Cl2NO2. The molecule has 108 valence electrons. The summed E-state index contributed by atoms with van der Waals surface area (Å²) in [5.41, 5.74) is 0.629. The number of allylic oxidation sites excluding steroid dienone is 1. The highest BCUT2D eigenvalue weighted by Crippen LogP contribution is 2.60. The minimum atomic E-state index is -0.119. The fourth-order valence-electron chi connectivity index (χ4n) is 2.52. The van der Waals surface area contributed by atoms with E-state index >= 15 is 0 Å². The molecule has 0 aromatic heterocycles. The van der Waals surface area contributed by atoms with Gasteiger partial charge in [-0.3, -0.25) is 4.79 Å². The van der Waals surface area contributed by atoms with Crippen LogP contribution in [0.15, 0.2) is 34.8 Å². The summed E-state index contributed by atoms with van der Waals surface area (Å²) in [6, 6.07) is 7.23. The molecule has 1 fully saturated rings. The highest BCUT2D eigenvalue weighted by atomic mass is 35.5. The Labute approximate surface area is 128 Å². The lowest BCUT2D eigenvalue weighted by atomic mass is 10.1. The Morgan fingerprint density at radius 1 is 1.30 bits per heavy atom. The molecule has 1 amide bonds. The van der Waals surface area contributed by atoms with Gasteiger partial charge in [0.15, 0.2) is 0 Å². The van der Waals surface area contributed by atoms with Crippen molar-refractivity contribution in [2.45, 2.75) is 13.8 Å². The zero-order valence-corrected chi connectivity index (χ0v) is 13.1. The maximum Gasteiger partial charge on any atom is 0.228 e. The normalized spacial score (nSPS) is 22.9. The van der Waals surface area contributed by atoms with Gasteiger partial charge >= 0.3 is 0 Å². The van der Waals surface area contributed by atoms with Crippen LogP contribution in [0.25, 0.3) is 0 Å². The summed E-state index contributed by atoms with van der Waals surface area (Å²) in [6.45, 7) is 4.06. The fraction of sp³-hybridized carbons (Fsp3) is 0.400. The van der Waals surface area contributed by atoms with E-state index in [0.29, 0.717) is 0 Å². The third kappa shape index (κ3) is 3.10. The zero-order chi connectivity index (χ0) is 14.9. The molecule has 5 heteroatoms. The van der Waals surface area contributed by atoms with Gasteiger partial charge in [0.2, 0.25) is 5.91 Å². The summed E-state index contributed by atoms with van der Waals surface area (Å²) >= 11 is 11.4. The first-order valence-electron chi connectivity index (χ1n) is 6.34. The second-order valence-corrected chi connectivity index (χ2v) is 6.51. The predicted molar refractivity (Wildman–Crippen MR) is 82.2 cm³/mol. The standard InChI is InChI=1S/C15H17Cl2NO2/c1-15(2)11(8-12(16)17)13(15)14(19)18-9-4-6-10(20-3)7-5-9/h4-8,11,13H,1-3H3,(H,18,19). The van der Waals surface area contributed by atoms with Crippen LogP contribution in [0.2, 0.25) is 0 Å². The smallest absolute Gasteiger partial charge is 0.228 e. The average Bonchev–Trinajstić information content (AvgIpc) is 2.91. The molecule has 2 rings (SSSR count).